The Bertz CT molecular complexity index is 1550. The van der Waals surface area contributed by atoms with Crippen LogP contribution in [0.3, 0.4) is 0 Å². The molecule has 0 amide bonds. The predicted octanol–water partition coefficient (Wildman–Crippen LogP) is 5.17. The summed E-state index contributed by atoms with van der Waals surface area (Å²) in [5.41, 5.74) is 2.26. The molecule has 1 unspecified atom stereocenters. The SMILES string of the molecule is CC(Oc1ccccc1)c1nc2ccc(N3CCN(S(=O)(=O)O)CC3)cc2n1Cc1ccc(C(F)(F)F)cc1. The predicted molar refractivity (Wildman–Crippen MR) is 141 cm³/mol. The fourth-order valence-electron chi connectivity index (χ4n) is 4.72. The van der Waals surface area contributed by atoms with E-state index >= 15 is 0 Å². The molecular formula is C27H27F3N4O4S. The van der Waals surface area contributed by atoms with Crippen LogP contribution in [0.25, 0.3) is 11.0 Å². The zero-order chi connectivity index (χ0) is 27.8. The van der Waals surface area contributed by atoms with Crippen molar-refractivity contribution in [3.63, 3.8) is 0 Å². The van der Waals surface area contributed by atoms with Gasteiger partial charge in [0, 0.05) is 38.4 Å². The zero-order valence-electron chi connectivity index (χ0n) is 21.0. The molecule has 0 aliphatic carbocycles. The maximum atomic E-state index is 13.1. The van der Waals surface area contributed by atoms with Crippen LogP contribution < -0.4 is 9.64 Å². The standard InChI is InChI=1S/C27H27F3N4O4S/c1-19(38-23-5-3-2-4-6-23)26-31-24-12-11-22(32-13-15-33(16-14-32)39(35,36)37)17-25(24)34(26)18-20-7-9-21(10-8-20)27(28,29)30/h2-12,17,19H,13-16,18H2,1H3,(H,35,36,37). The van der Waals surface area contributed by atoms with E-state index in [-0.39, 0.29) is 19.6 Å². The number of imidazole rings is 1. The zero-order valence-corrected chi connectivity index (χ0v) is 21.9. The van der Waals surface area contributed by atoms with Crippen LogP contribution in [0.15, 0.2) is 72.8 Å². The highest BCUT2D eigenvalue weighted by molar-refractivity contribution is 7.83. The van der Waals surface area contributed by atoms with Gasteiger partial charge in [-0.25, -0.2) is 4.98 Å². The molecule has 5 rings (SSSR count). The van der Waals surface area contributed by atoms with Gasteiger partial charge in [0.15, 0.2) is 11.9 Å². The van der Waals surface area contributed by atoms with E-state index in [2.05, 4.69) is 0 Å². The van der Waals surface area contributed by atoms with Gasteiger partial charge in [-0.3, -0.25) is 4.55 Å². The van der Waals surface area contributed by atoms with Crippen LogP contribution >= 0.6 is 0 Å². The van der Waals surface area contributed by atoms with Crippen molar-refractivity contribution in [3.05, 3.63) is 89.7 Å². The Morgan fingerprint density at radius 1 is 0.974 bits per heavy atom. The Kier molecular flexibility index (Phi) is 7.27. The number of anilines is 1. The Morgan fingerprint density at radius 3 is 2.26 bits per heavy atom. The normalized spacial score (nSPS) is 16.0. The summed E-state index contributed by atoms with van der Waals surface area (Å²) in [5, 5.41) is 0. The van der Waals surface area contributed by atoms with Gasteiger partial charge in [-0.1, -0.05) is 30.3 Å². The fourth-order valence-corrected chi connectivity index (χ4v) is 5.34. The number of piperazine rings is 1. The molecule has 12 heteroatoms. The van der Waals surface area contributed by atoms with Gasteiger partial charge in [0.1, 0.15) is 5.75 Å². The van der Waals surface area contributed by atoms with Gasteiger partial charge in [-0.2, -0.15) is 25.9 Å². The number of alkyl halides is 3. The lowest BCUT2D eigenvalue weighted by Gasteiger charge is -2.34. The lowest BCUT2D eigenvalue weighted by molar-refractivity contribution is -0.137. The topological polar surface area (TPSA) is 87.9 Å². The van der Waals surface area contributed by atoms with Crippen molar-refractivity contribution in [2.24, 2.45) is 0 Å². The van der Waals surface area contributed by atoms with Crippen molar-refractivity contribution < 1.29 is 30.9 Å². The van der Waals surface area contributed by atoms with Crippen molar-refractivity contribution in [1.82, 2.24) is 13.9 Å². The summed E-state index contributed by atoms with van der Waals surface area (Å²) in [7, 11) is -4.24. The monoisotopic (exact) mass is 560 g/mol. The van der Waals surface area contributed by atoms with Crippen molar-refractivity contribution >= 4 is 27.0 Å². The van der Waals surface area contributed by atoms with Crippen LogP contribution in [-0.2, 0) is 23.0 Å². The van der Waals surface area contributed by atoms with Gasteiger partial charge in [0.2, 0.25) is 0 Å². The molecule has 4 aromatic rings. The third kappa shape index (κ3) is 6.02. The summed E-state index contributed by atoms with van der Waals surface area (Å²) < 4.78 is 80.7. The summed E-state index contributed by atoms with van der Waals surface area (Å²) >= 11 is 0. The molecular weight excluding hydrogens is 533 g/mol. The molecule has 1 saturated heterocycles. The number of halogens is 3. The molecule has 39 heavy (non-hydrogen) atoms. The first-order valence-electron chi connectivity index (χ1n) is 12.3. The average molecular weight is 561 g/mol. The summed E-state index contributed by atoms with van der Waals surface area (Å²) in [6.45, 7) is 3.21. The molecule has 0 saturated carbocycles. The van der Waals surface area contributed by atoms with Gasteiger partial charge in [0.05, 0.1) is 16.6 Å². The van der Waals surface area contributed by atoms with Crippen LogP contribution in [0.2, 0.25) is 0 Å². The van der Waals surface area contributed by atoms with E-state index in [0.29, 0.717) is 35.7 Å². The van der Waals surface area contributed by atoms with Crippen LogP contribution in [-0.4, -0.2) is 53.0 Å². The summed E-state index contributed by atoms with van der Waals surface area (Å²) in [5.74, 6) is 1.28. The van der Waals surface area contributed by atoms with Crippen LogP contribution in [0.5, 0.6) is 5.75 Å². The molecule has 3 aromatic carbocycles. The second-order valence-corrected chi connectivity index (χ2v) is 10.8. The number of ether oxygens (including phenoxy) is 1. The Labute approximate surface area is 224 Å². The molecule has 1 aliphatic heterocycles. The number of aromatic nitrogens is 2. The van der Waals surface area contributed by atoms with E-state index in [1.165, 1.54) is 12.1 Å². The number of fused-ring (bicyclic) bond motifs is 1. The number of benzene rings is 3. The molecule has 0 radical (unpaired) electrons. The van der Waals surface area contributed by atoms with E-state index in [1.54, 1.807) is 0 Å². The molecule has 1 aliphatic rings. The molecule has 0 spiro atoms. The molecule has 8 nitrogen and oxygen atoms in total. The smallest absolute Gasteiger partial charge is 0.416 e. The first kappa shape index (κ1) is 27.0. The summed E-state index contributed by atoms with van der Waals surface area (Å²) in [4.78, 5) is 6.83. The van der Waals surface area contributed by atoms with Crippen LogP contribution in [0, 0.1) is 0 Å². The molecule has 1 N–H and O–H groups in total. The minimum Gasteiger partial charge on any atom is -0.483 e. The number of nitrogens with zero attached hydrogens (tertiary/aromatic N) is 4. The lowest BCUT2D eigenvalue weighted by atomic mass is 10.1. The van der Waals surface area contributed by atoms with Crippen molar-refractivity contribution in [1.29, 1.82) is 0 Å². The number of hydrogen-bond donors (Lipinski definition) is 1. The first-order valence-corrected chi connectivity index (χ1v) is 13.7. The number of hydrogen-bond acceptors (Lipinski definition) is 5. The molecule has 1 atom stereocenters. The molecule has 206 valence electrons. The quantitative estimate of drug-likeness (QED) is 0.314. The number of para-hydroxylation sites is 1. The first-order chi connectivity index (χ1) is 18.5. The Morgan fingerprint density at radius 2 is 1.64 bits per heavy atom. The van der Waals surface area contributed by atoms with Crippen molar-refractivity contribution in [3.8, 4) is 5.75 Å². The summed E-state index contributed by atoms with van der Waals surface area (Å²) in [6.07, 6.45) is -4.88. The maximum Gasteiger partial charge on any atom is 0.416 e. The second-order valence-electron chi connectivity index (χ2n) is 9.36. The van der Waals surface area contributed by atoms with Gasteiger partial charge in [-0.15, -0.1) is 0 Å². The second kappa shape index (κ2) is 10.5. The highest BCUT2D eigenvalue weighted by Gasteiger charge is 2.30. The Balaban J connectivity index is 1.49. The van der Waals surface area contributed by atoms with Crippen LogP contribution in [0.4, 0.5) is 18.9 Å². The molecule has 2 heterocycles. The van der Waals surface area contributed by atoms with Gasteiger partial charge in [0.25, 0.3) is 0 Å². The van der Waals surface area contributed by atoms with E-state index in [4.69, 9.17) is 9.72 Å². The van der Waals surface area contributed by atoms with Gasteiger partial charge >= 0.3 is 16.5 Å². The van der Waals surface area contributed by atoms with E-state index in [1.807, 2.05) is 64.9 Å². The average Bonchev–Trinajstić information content (AvgIpc) is 3.26. The molecule has 1 fully saturated rings. The highest BCUT2D eigenvalue weighted by atomic mass is 32.2. The molecule has 1 aromatic heterocycles. The third-order valence-corrected chi connectivity index (χ3v) is 7.75. The van der Waals surface area contributed by atoms with E-state index < -0.39 is 28.1 Å². The fraction of sp³-hybridized carbons (Fsp3) is 0.296. The van der Waals surface area contributed by atoms with E-state index in [9.17, 15) is 26.1 Å². The summed E-state index contributed by atoms with van der Waals surface area (Å²) in [6, 6.07) is 20.0. The van der Waals surface area contributed by atoms with Gasteiger partial charge < -0.3 is 14.2 Å². The minimum absolute atomic E-state index is 0.148. The highest BCUT2D eigenvalue weighted by Crippen LogP contribution is 2.31. The maximum absolute atomic E-state index is 13.1. The van der Waals surface area contributed by atoms with Crippen molar-refractivity contribution in [2.45, 2.75) is 25.7 Å². The molecule has 0 bridgehead atoms. The van der Waals surface area contributed by atoms with Crippen molar-refractivity contribution in [2.75, 3.05) is 31.1 Å². The van der Waals surface area contributed by atoms with E-state index in [0.717, 1.165) is 27.6 Å². The number of rotatable bonds is 7. The third-order valence-electron chi connectivity index (χ3n) is 6.73. The van der Waals surface area contributed by atoms with Gasteiger partial charge in [-0.05, 0) is 55.0 Å². The lowest BCUT2D eigenvalue weighted by Crippen LogP contribution is -2.48. The minimum atomic E-state index is -4.42. The van der Waals surface area contributed by atoms with Crippen LogP contribution in [0.1, 0.15) is 30.0 Å². The Hall–Kier alpha value is -3.61. The largest absolute Gasteiger partial charge is 0.483 e.